The van der Waals surface area contributed by atoms with Crippen LogP contribution in [0.4, 0.5) is 0 Å². The van der Waals surface area contributed by atoms with Gasteiger partial charge in [-0.2, -0.15) is 0 Å². The highest BCUT2D eigenvalue weighted by molar-refractivity contribution is 14.2. The van der Waals surface area contributed by atoms with Crippen LogP contribution in [-0.2, 0) is 0 Å². The molecule has 0 unspecified atom stereocenters. The summed E-state index contributed by atoms with van der Waals surface area (Å²) in [6, 6.07) is 0. The van der Waals surface area contributed by atoms with E-state index >= 15 is 0 Å². The van der Waals surface area contributed by atoms with E-state index in [-0.39, 0.29) is 20.7 Å². The van der Waals surface area contributed by atoms with Gasteiger partial charge in [-0.05, 0) is 18.8 Å². The van der Waals surface area contributed by atoms with E-state index in [0.717, 1.165) is 5.92 Å². The summed E-state index contributed by atoms with van der Waals surface area (Å²) in [6.45, 7) is 3.67. The predicted molar refractivity (Wildman–Crippen MR) is 56.1 cm³/mol. The molecule has 0 aromatic rings. The van der Waals surface area contributed by atoms with Gasteiger partial charge in [0.25, 0.3) is 0 Å². The first kappa shape index (κ1) is 8.48. The number of alkyl halides is 1. The lowest BCUT2D eigenvalue weighted by Gasteiger charge is -2.18. The summed E-state index contributed by atoms with van der Waals surface area (Å²) >= 11 is 0.242. The molecule has 0 aliphatic heterocycles. The molecule has 0 aromatic carbocycles. The first-order valence-electron chi connectivity index (χ1n) is 4.03. The molecular formula is C9H15I. The van der Waals surface area contributed by atoms with Crippen LogP contribution in [0.15, 0.2) is 6.58 Å². The minimum atomic E-state index is 0.242. The second-order valence-electron chi connectivity index (χ2n) is 2.93. The van der Waals surface area contributed by atoms with Crippen LogP contribution in [0.1, 0.15) is 32.1 Å². The van der Waals surface area contributed by atoms with Gasteiger partial charge in [0.15, 0.2) is 0 Å². The van der Waals surface area contributed by atoms with Crippen molar-refractivity contribution in [2.75, 3.05) is 4.43 Å². The minimum absolute atomic E-state index is 0.242. The van der Waals surface area contributed by atoms with Gasteiger partial charge in [0.2, 0.25) is 0 Å². The van der Waals surface area contributed by atoms with Gasteiger partial charge in [-0.25, -0.2) is 0 Å². The molecule has 0 nitrogen and oxygen atoms in total. The van der Waals surface area contributed by atoms with Crippen LogP contribution >= 0.6 is 20.7 Å². The Bertz CT molecular complexity index is 128. The highest BCUT2D eigenvalue weighted by atomic mass is 127. The summed E-state index contributed by atoms with van der Waals surface area (Å²) in [5.74, 6) is 1.05. The third-order valence-electron chi connectivity index (χ3n) is 2.11. The first-order chi connectivity index (χ1) is 4.93. The van der Waals surface area contributed by atoms with Crippen molar-refractivity contribution < 1.29 is 0 Å². The maximum atomic E-state index is 3.67. The zero-order chi connectivity index (χ0) is 7.23. The average molecular weight is 250 g/mol. The fraction of sp³-hybridized carbons (Fsp3) is 0.778. The molecule has 0 bridgehead atoms. The van der Waals surface area contributed by atoms with E-state index in [1.165, 1.54) is 36.5 Å². The van der Waals surface area contributed by atoms with Crippen molar-refractivity contribution in [1.82, 2.24) is 0 Å². The van der Waals surface area contributed by atoms with E-state index in [2.05, 4.69) is 10.2 Å². The quantitative estimate of drug-likeness (QED) is 0.521. The number of halogens is 1. The van der Waals surface area contributed by atoms with Crippen LogP contribution in [0.3, 0.4) is 0 Å². The number of rotatable bonds is 2. The third-order valence-corrected chi connectivity index (χ3v) is 4.34. The van der Waals surface area contributed by atoms with Gasteiger partial charge in [0.05, 0.1) is 0 Å². The fourth-order valence-corrected chi connectivity index (χ4v) is 3.32. The maximum absolute atomic E-state index is 3.67. The molecule has 10 heavy (non-hydrogen) atoms. The Kier molecular flexibility index (Phi) is 4.31. The monoisotopic (exact) mass is 250 g/mol. The van der Waals surface area contributed by atoms with E-state index in [4.69, 9.17) is 0 Å². The van der Waals surface area contributed by atoms with Gasteiger partial charge in [0, 0.05) is 4.43 Å². The lowest BCUT2D eigenvalue weighted by molar-refractivity contribution is 0.395. The first-order valence-corrected chi connectivity index (χ1v) is 6.64. The van der Waals surface area contributed by atoms with E-state index in [0.29, 0.717) is 0 Å². The Hall–Kier alpha value is 0.380. The highest BCUT2D eigenvalue weighted by Gasteiger charge is 2.11. The van der Waals surface area contributed by atoms with Crippen LogP contribution in [0.5, 0.6) is 0 Å². The zero-order valence-electron chi connectivity index (χ0n) is 6.41. The largest absolute Gasteiger partial charge is 0.0948 e. The molecule has 0 radical (unpaired) electrons. The van der Waals surface area contributed by atoms with Crippen molar-refractivity contribution in [3.05, 3.63) is 6.58 Å². The van der Waals surface area contributed by atoms with E-state index in [1.807, 2.05) is 0 Å². The average Bonchev–Trinajstić information content (AvgIpc) is 2.03. The van der Waals surface area contributed by atoms with Gasteiger partial charge >= 0.3 is 0 Å². The topological polar surface area (TPSA) is 0 Å². The van der Waals surface area contributed by atoms with Crippen molar-refractivity contribution in [3.8, 4) is 0 Å². The standard InChI is InChI=1S/C9H15I/c1-2-10-8-9-6-4-3-5-7-9/h9H,1,3-8H2. The maximum Gasteiger partial charge on any atom is 0.00457 e. The molecular weight excluding hydrogens is 235 g/mol. The smallest absolute Gasteiger partial charge is 0.00457 e. The highest BCUT2D eigenvalue weighted by Crippen LogP contribution is 2.25. The molecule has 0 spiro atoms. The molecule has 0 atom stereocenters. The molecule has 0 amide bonds. The van der Waals surface area contributed by atoms with Crippen LogP contribution in [0, 0.1) is 5.92 Å². The van der Waals surface area contributed by atoms with Gasteiger partial charge < -0.3 is 0 Å². The minimum Gasteiger partial charge on any atom is -0.0948 e. The van der Waals surface area contributed by atoms with Crippen molar-refractivity contribution in [2.24, 2.45) is 5.92 Å². The molecule has 1 fully saturated rings. The second-order valence-corrected chi connectivity index (χ2v) is 5.33. The van der Waals surface area contributed by atoms with Crippen LogP contribution in [-0.4, -0.2) is 8.09 Å². The van der Waals surface area contributed by atoms with E-state index < -0.39 is 0 Å². The zero-order valence-corrected chi connectivity index (χ0v) is 8.56. The molecule has 1 saturated carbocycles. The Balaban J connectivity index is 2.19. The molecule has 0 aromatic heterocycles. The normalized spacial score (nSPS) is 20.4. The second kappa shape index (κ2) is 5.09. The van der Waals surface area contributed by atoms with Crippen LogP contribution in [0.2, 0.25) is 0 Å². The number of hydrogen-bond acceptors (Lipinski definition) is 0. The summed E-state index contributed by atoms with van der Waals surface area (Å²) in [4.78, 5) is 0. The summed E-state index contributed by atoms with van der Waals surface area (Å²) in [5, 5.41) is 0. The molecule has 1 aliphatic rings. The van der Waals surface area contributed by atoms with Gasteiger partial charge in [-0.1, -0.05) is 50.2 Å². The lowest BCUT2D eigenvalue weighted by atomic mass is 9.91. The molecule has 1 heteroatoms. The third kappa shape index (κ3) is 2.98. The van der Waals surface area contributed by atoms with Gasteiger partial charge in [-0.15, -0.1) is 0 Å². The van der Waals surface area contributed by atoms with Crippen molar-refractivity contribution >= 4 is 24.4 Å². The van der Waals surface area contributed by atoms with E-state index in [9.17, 15) is 0 Å². The predicted octanol–water partition coefficient (Wildman–Crippen LogP) is 3.12. The van der Waals surface area contributed by atoms with Crippen LogP contribution < -0.4 is 0 Å². The van der Waals surface area contributed by atoms with Crippen molar-refractivity contribution in [2.45, 2.75) is 32.1 Å². The number of hydrogen-bond donors (Lipinski definition) is 0. The van der Waals surface area contributed by atoms with Crippen molar-refractivity contribution in [1.29, 1.82) is 0 Å². The van der Waals surface area contributed by atoms with E-state index in [1.54, 1.807) is 0 Å². The van der Waals surface area contributed by atoms with Gasteiger partial charge in [-0.3, -0.25) is 0 Å². The summed E-state index contributed by atoms with van der Waals surface area (Å²) < 4.78 is 4.52. The summed E-state index contributed by atoms with van der Waals surface area (Å²) in [5.41, 5.74) is 0. The Morgan fingerprint density at radius 1 is 1.30 bits per heavy atom. The molecule has 1 rings (SSSR count). The Labute approximate surface area is 73.5 Å². The van der Waals surface area contributed by atoms with Gasteiger partial charge in [0.1, 0.15) is 0 Å². The SMILES string of the molecule is C=C=ICC1CCCCC1. The lowest BCUT2D eigenvalue weighted by Crippen LogP contribution is -2.06. The molecule has 0 heterocycles. The Morgan fingerprint density at radius 2 is 2.00 bits per heavy atom. The molecule has 58 valence electrons. The van der Waals surface area contributed by atoms with Crippen LogP contribution in [0.25, 0.3) is 0 Å². The summed E-state index contributed by atoms with van der Waals surface area (Å²) in [6.07, 6.45) is 7.41. The molecule has 0 saturated heterocycles. The Morgan fingerprint density at radius 3 is 2.60 bits per heavy atom. The fourth-order valence-electron chi connectivity index (χ4n) is 1.51. The van der Waals surface area contributed by atoms with Crippen molar-refractivity contribution in [3.63, 3.8) is 0 Å². The molecule has 0 N–H and O–H groups in total. The summed E-state index contributed by atoms with van der Waals surface area (Å²) in [7, 11) is 0. The molecule has 1 aliphatic carbocycles.